The van der Waals surface area contributed by atoms with E-state index in [1.54, 1.807) is 37.6 Å². The quantitative estimate of drug-likeness (QED) is 0.481. The molecule has 0 bridgehead atoms. The second kappa shape index (κ2) is 8.08. The Labute approximate surface area is 177 Å². The van der Waals surface area contributed by atoms with Gasteiger partial charge in [0, 0.05) is 39.8 Å². The van der Waals surface area contributed by atoms with Crippen LogP contribution in [0.15, 0.2) is 65.6 Å². The predicted molar refractivity (Wildman–Crippen MR) is 116 cm³/mol. The topological polar surface area (TPSA) is 73.3 Å². The molecule has 1 N–H and O–H groups in total. The van der Waals surface area contributed by atoms with Gasteiger partial charge in [0.2, 0.25) is 0 Å². The summed E-state index contributed by atoms with van der Waals surface area (Å²) in [6.45, 7) is 0.400. The van der Waals surface area contributed by atoms with E-state index >= 15 is 0 Å². The highest BCUT2D eigenvalue weighted by atomic mass is 35.5. The maximum absolute atomic E-state index is 12.9. The number of hydrogen-bond donors (Lipinski definition) is 1. The van der Waals surface area contributed by atoms with Gasteiger partial charge < -0.3 is 19.0 Å². The molecule has 30 heavy (non-hydrogen) atoms. The number of ether oxygens (including phenoxy) is 2. The molecule has 0 amide bonds. The Morgan fingerprint density at radius 1 is 1.10 bits per heavy atom. The van der Waals surface area contributed by atoms with Crippen molar-refractivity contribution < 1.29 is 14.3 Å². The van der Waals surface area contributed by atoms with Crippen molar-refractivity contribution in [2.75, 3.05) is 14.2 Å². The number of methoxy groups -OCH3 is 2. The predicted octanol–water partition coefficient (Wildman–Crippen LogP) is 4.49. The zero-order valence-electron chi connectivity index (χ0n) is 16.4. The molecule has 0 aliphatic rings. The third kappa shape index (κ3) is 3.46. The van der Waals surface area contributed by atoms with Gasteiger partial charge in [-0.2, -0.15) is 0 Å². The molecule has 0 atom stereocenters. The summed E-state index contributed by atoms with van der Waals surface area (Å²) in [7, 11) is 2.93. The maximum atomic E-state index is 12.9. The first kappa shape index (κ1) is 19.8. The third-order valence-corrected chi connectivity index (χ3v) is 5.23. The molecule has 4 aromatic rings. The van der Waals surface area contributed by atoms with Crippen LogP contribution in [-0.4, -0.2) is 29.7 Å². The molecule has 7 heteroatoms. The van der Waals surface area contributed by atoms with Crippen LogP contribution in [-0.2, 0) is 11.3 Å². The van der Waals surface area contributed by atoms with Gasteiger partial charge in [0.1, 0.15) is 11.4 Å². The third-order valence-electron chi connectivity index (χ3n) is 4.99. The smallest absolute Gasteiger partial charge is 0.355 e. The number of rotatable bonds is 5. The van der Waals surface area contributed by atoms with Crippen LogP contribution in [0.3, 0.4) is 0 Å². The number of esters is 1. The lowest BCUT2D eigenvalue weighted by Crippen LogP contribution is -2.15. The summed E-state index contributed by atoms with van der Waals surface area (Å²) in [6.07, 6.45) is 1.55. The molecule has 0 aliphatic carbocycles. The molecule has 0 spiro atoms. The fourth-order valence-electron chi connectivity index (χ4n) is 3.60. The lowest BCUT2D eigenvalue weighted by atomic mass is 10.0. The Morgan fingerprint density at radius 2 is 1.87 bits per heavy atom. The number of aromatic amines is 1. The first-order chi connectivity index (χ1) is 14.5. The minimum absolute atomic E-state index is 0.294. The SMILES string of the molecule is COC(=O)c1c(-c2ccc[nH]c2=O)c2cc(Cl)ccc2n1Cc1ccc(OC)cc1. The first-order valence-electron chi connectivity index (χ1n) is 9.24. The Hall–Kier alpha value is -3.51. The number of fused-ring (bicyclic) bond motifs is 1. The highest BCUT2D eigenvalue weighted by molar-refractivity contribution is 6.31. The summed E-state index contributed by atoms with van der Waals surface area (Å²) >= 11 is 6.26. The number of nitrogens with one attached hydrogen (secondary N) is 1. The number of pyridine rings is 1. The normalized spacial score (nSPS) is 10.9. The van der Waals surface area contributed by atoms with Crippen LogP contribution in [0.4, 0.5) is 0 Å². The second-order valence-electron chi connectivity index (χ2n) is 6.72. The van der Waals surface area contributed by atoms with E-state index in [4.69, 9.17) is 21.1 Å². The number of nitrogens with zero attached hydrogens (tertiary/aromatic N) is 1. The van der Waals surface area contributed by atoms with E-state index in [1.807, 2.05) is 34.9 Å². The Bertz CT molecular complexity index is 1290. The molecule has 0 fully saturated rings. The minimum Gasteiger partial charge on any atom is -0.497 e. The van der Waals surface area contributed by atoms with Crippen LogP contribution in [0, 0.1) is 0 Å². The van der Waals surface area contributed by atoms with Crippen molar-refractivity contribution >= 4 is 28.5 Å². The molecule has 0 saturated carbocycles. The summed E-state index contributed by atoms with van der Waals surface area (Å²) < 4.78 is 12.2. The summed E-state index contributed by atoms with van der Waals surface area (Å²) in [5, 5.41) is 1.21. The number of H-pyrrole nitrogens is 1. The molecule has 2 aromatic carbocycles. The van der Waals surface area contributed by atoms with E-state index in [0.717, 1.165) is 16.8 Å². The molecule has 0 radical (unpaired) electrons. The minimum atomic E-state index is -0.533. The molecular formula is C23H19ClN2O4. The Morgan fingerprint density at radius 3 is 2.53 bits per heavy atom. The average Bonchev–Trinajstić information content (AvgIpc) is 3.07. The molecule has 0 saturated heterocycles. The molecule has 2 aromatic heterocycles. The fourth-order valence-corrected chi connectivity index (χ4v) is 3.78. The van der Waals surface area contributed by atoms with Crippen molar-refractivity contribution in [1.29, 1.82) is 0 Å². The van der Waals surface area contributed by atoms with Gasteiger partial charge in [-0.25, -0.2) is 4.79 Å². The molecule has 4 rings (SSSR count). The molecular weight excluding hydrogens is 404 g/mol. The van der Waals surface area contributed by atoms with E-state index in [2.05, 4.69) is 4.98 Å². The van der Waals surface area contributed by atoms with Gasteiger partial charge in [-0.05, 0) is 48.0 Å². The Kier molecular flexibility index (Phi) is 5.33. The highest BCUT2D eigenvalue weighted by Gasteiger charge is 2.26. The standard InChI is InChI=1S/C23H19ClN2O4/c1-29-16-8-5-14(6-9-16)13-26-19-10-7-15(24)12-18(19)20(21(26)23(28)30-2)17-4-3-11-25-22(17)27/h3-12H,13H2,1-2H3,(H,25,27). The number of carbonyl (C=O) groups excluding carboxylic acids is 1. The summed E-state index contributed by atoms with van der Waals surface area (Å²) in [4.78, 5) is 28.1. The largest absolute Gasteiger partial charge is 0.497 e. The maximum Gasteiger partial charge on any atom is 0.355 e. The monoisotopic (exact) mass is 422 g/mol. The molecule has 6 nitrogen and oxygen atoms in total. The van der Waals surface area contributed by atoms with E-state index in [-0.39, 0.29) is 5.56 Å². The van der Waals surface area contributed by atoms with Crippen molar-refractivity contribution in [1.82, 2.24) is 9.55 Å². The summed E-state index contributed by atoms with van der Waals surface area (Å²) in [5.41, 5.74) is 2.59. The van der Waals surface area contributed by atoms with Crippen LogP contribution in [0.5, 0.6) is 5.75 Å². The van der Waals surface area contributed by atoms with Gasteiger partial charge in [0.15, 0.2) is 0 Å². The van der Waals surface area contributed by atoms with Crippen molar-refractivity contribution in [2.24, 2.45) is 0 Å². The number of halogens is 1. The second-order valence-corrected chi connectivity index (χ2v) is 7.16. The van der Waals surface area contributed by atoms with Gasteiger partial charge >= 0.3 is 5.97 Å². The van der Waals surface area contributed by atoms with Crippen molar-refractivity contribution in [2.45, 2.75) is 6.54 Å². The van der Waals surface area contributed by atoms with Crippen LogP contribution in [0.25, 0.3) is 22.0 Å². The summed E-state index contributed by atoms with van der Waals surface area (Å²) in [6, 6.07) is 16.3. The average molecular weight is 423 g/mol. The van der Waals surface area contributed by atoms with Crippen LogP contribution < -0.4 is 10.3 Å². The van der Waals surface area contributed by atoms with Crippen LogP contribution in [0.2, 0.25) is 5.02 Å². The van der Waals surface area contributed by atoms with E-state index < -0.39 is 5.97 Å². The van der Waals surface area contributed by atoms with Crippen LogP contribution in [0.1, 0.15) is 16.1 Å². The lowest BCUT2D eigenvalue weighted by molar-refractivity contribution is 0.0590. The van der Waals surface area contributed by atoms with Gasteiger partial charge in [-0.15, -0.1) is 0 Å². The molecule has 0 aliphatic heterocycles. The number of aromatic nitrogens is 2. The number of carbonyl (C=O) groups is 1. The van der Waals surface area contributed by atoms with Crippen molar-refractivity contribution in [3.05, 3.63) is 87.4 Å². The van der Waals surface area contributed by atoms with Gasteiger partial charge in [0.25, 0.3) is 5.56 Å². The zero-order chi connectivity index (χ0) is 21.3. The molecule has 0 unspecified atom stereocenters. The first-order valence-corrected chi connectivity index (χ1v) is 9.62. The fraction of sp³-hybridized carbons (Fsp3) is 0.130. The van der Waals surface area contributed by atoms with Crippen LogP contribution >= 0.6 is 11.6 Å². The number of hydrogen-bond acceptors (Lipinski definition) is 4. The van der Waals surface area contributed by atoms with Gasteiger partial charge in [-0.1, -0.05) is 23.7 Å². The number of benzene rings is 2. The lowest BCUT2D eigenvalue weighted by Gasteiger charge is -2.11. The Balaban J connectivity index is 2.02. The summed E-state index contributed by atoms with van der Waals surface area (Å²) in [5.74, 6) is 0.210. The van der Waals surface area contributed by atoms with Gasteiger partial charge in [0.05, 0.1) is 14.2 Å². The van der Waals surface area contributed by atoms with E-state index in [9.17, 15) is 9.59 Å². The van der Waals surface area contributed by atoms with Gasteiger partial charge in [-0.3, -0.25) is 4.79 Å². The van der Waals surface area contributed by atoms with E-state index in [1.165, 1.54) is 7.11 Å². The molecule has 2 heterocycles. The van der Waals surface area contributed by atoms with E-state index in [0.29, 0.717) is 33.8 Å². The molecule has 152 valence electrons. The van der Waals surface area contributed by atoms with Crippen molar-refractivity contribution in [3.63, 3.8) is 0 Å². The van der Waals surface area contributed by atoms with Crippen molar-refractivity contribution in [3.8, 4) is 16.9 Å². The zero-order valence-corrected chi connectivity index (χ0v) is 17.2. The highest BCUT2D eigenvalue weighted by Crippen LogP contribution is 2.36.